The highest BCUT2D eigenvalue weighted by Crippen LogP contribution is 2.35. The van der Waals surface area contributed by atoms with Gasteiger partial charge in [-0.3, -0.25) is 0 Å². The summed E-state index contributed by atoms with van der Waals surface area (Å²) in [5.74, 6) is 1.82. The molecule has 124 valence electrons. The maximum Gasteiger partial charge on any atom is 0.129 e. The molecule has 0 aliphatic heterocycles. The third kappa shape index (κ3) is 4.52. The summed E-state index contributed by atoms with van der Waals surface area (Å²) in [6.45, 7) is 9.04. The third-order valence-electron chi connectivity index (χ3n) is 4.29. The first-order valence-corrected chi connectivity index (χ1v) is 8.20. The minimum absolute atomic E-state index is 0.136. The van der Waals surface area contributed by atoms with Crippen molar-refractivity contribution >= 4 is 5.82 Å². The molecule has 1 aromatic carbocycles. The largest absolute Gasteiger partial charge is 0.396 e. The Labute approximate surface area is 139 Å². The topological polar surface area (TPSA) is 58.0 Å². The number of aliphatic hydroxyl groups excluding tert-OH is 1. The SMILES string of the molecule is CCc1cc(NCC(c2ccccc2)C(C)(C)CO)nc(C)n1. The van der Waals surface area contributed by atoms with E-state index in [0.717, 1.165) is 30.3 Å². The van der Waals surface area contributed by atoms with Crippen LogP contribution in [0.1, 0.15) is 43.8 Å². The number of rotatable bonds is 7. The molecular weight excluding hydrogens is 286 g/mol. The standard InChI is InChI=1S/C19H27N3O/c1-5-16-11-18(22-14(2)21-16)20-12-17(19(3,4)13-23)15-9-7-6-8-10-15/h6-11,17,23H,5,12-13H2,1-4H3,(H,20,21,22). The lowest BCUT2D eigenvalue weighted by atomic mass is 9.75. The number of nitrogens with zero attached hydrogens (tertiary/aromatic N) is 2. The molecule has 1 heterocycles. The van der Waals surface area contributed by atoms with E-state index in [-0.39, 0.29) is 17.9 Å². The average molecular weight is 313 g/mol. The summed E-state index contributed by atoms with van der Waals surface area (Å²) in [7, 11) is 0. The van der Waals surface area contributed by atoms with Crippen molar-refractivity contribution in [2.45, 2.75) is 40.0 Å². The molecule has 0 saturated heterocycles. The first-order chi connectivity index (χ1) is 11.0. The minimum atomic E-state index is -0.218. The fraction of sp³-hybridized carbons (Fsp3) is 0.474. The zero-order chi connectivity index (χ0) is 16.9. The van der Waals surface area contributed by atoms with E-state index in [1.165, 1.54) is 5.56 Å². The Morgan fingerprint density at radius 3 is 2.48 bits per heavy atom. The predicted octanol–water partition coefficient (Wildman–Crippen LogP) is 3.56. The highest BCUT2D eigenvalue weighted by Gasteiger charge is 2.30. The van der Waals surface area contributed by atoms with Crippen LogP contribution in [0.3, 0.4) is 0 Å². The molecule has 2 aromatic rings. The molecule has 0 fully saturated rings. The lowest BCUT2D eigenvalue weighted by Crippen LogP contribution is -2.31. The first kappa shape index (κ1) is 17.4. The molecule has 0 aliphatic rings. The van der Waals surface area contributed by atoms with E-state index in [9.17, 15) is 5.11 Å². The van der Waals surface area contributed by atoms with Gasteiger partial charge in [0, 0.05) is 30.8 Å². The minimum Gasteiger partial charge on any atom is -0.396 e. The summed E-state index contributed by atoms with van der Waals surface area (Å²) in [6.07, 6.45) is 0.891. The van der Waals surface area contributed by atoms with E-state index in [2.05, 4.69) is 48.2 Å². The van der Waals surface area contributed by atoms with Crippen LogP contribution in [0.5, 0.6) is 0 Å². The van der Waals surface area contributed by atoms with Gasteiger partial charge >= 0.3 is 0 Å². The Bertz CT molecular complexity index is 626. The summed E-state index contributed by atoms with van der Waals surface area (Å²) in [4.78, 5) is 8.88. The molecule has 2 N–H and O–H groups in total. The molecule has 0 spiro atoms. The lowest BCUT2D eigenvalue weighted by Gasteiger charge is -2.33. The molecule has 1 unspecified atom stereocenters. The van der Waals surface area contributed by atoms with E-state index in [0.29, 0.717) is 0 Å². The highest BCUT2D eigenvalue weighted by atomic mass is 16.3. The van der Waals surface area contributed by atoms with Gasteiger partial charge in [-0.25, -0.2) is 9.97 Å². The summed E-state index contributed by atoms with van der Waals surface area (Å²) in [5.41, 5.74) is 2.04. The number of nitrogens with one attached hydrogen (secondary N) is 1. The van der Waals surface area contributed by atoms with Gasteiger partial charge in [-0.15, -0.1) is 0 Å². The van der Waals surface area contributed by atoms with Gasteiger partial charge in [-0.2, -0.15) is 0 Å². The van der Waals surface area contributed by atoms with Gasteiger partial charge in [0.15, 0.2) is 0 Å². The van der Waals surface area contributed by atoms with Gasteiger partial charge in [0.25, 0.3) is 0 Å². The van der Waals surface area contributed by atoms with Crippen LogP contribution >= 0.6 is 0 Å². The second kappa shape index (κ2) is 7.55. The molecule has 0 saturated carbocycles. The van der Waals surface area contributed by atoms with Gasteiger partial charge < -0.3 is 10.4 Å². The van der Waals surface area contributed by atoms with Crippen LogP contribution < -0.4 is 5.32 Å². The smallest absolute Gasteiger partial charge is 0.129 e. The quantitative estimate of drug-likeness (QED) is 0.820. The van der Waals surface area contributed by atoms with Crippen molar-refractivity contribution in [3.8, 4) is 0 Å². The molecule has 23 heavy (non-hydrogen) atoms. The fourth-order valence-corrected chi connectivity index (χ4v) is 2.75. The normalized spacial score (nSPS) is 12.9. The van der Waals surface area contributed by atoms with Crippen molar-refractivity contribution in [2.75, 3.05) is 18.5 Å². The molecule has 0 amide bonds. The van der Waals surface area contributed by atoms with Gasteiger partial charge in [-0.05, 0) is 24.3 Å². The summed E-state index contributed by atoms with van der Waals surface area (Å²) in [5, 5.41) is 13.2. The van der Waals surface area contributed by atoms with Crippen LogP contribution in [0.15, 0.2) is 36.4 Å². The van der Waals surface area contributed by atoms with Gasteiger partial charge in [0.1, 0.15) is 11.6 Å². The zero-order valence-corrected chi connectivity index (χ0v) is 14.5. The number of hydrogen-bond acceptors (Lipinski definition) is 4. The molecule has 0 aliphatic carbocycles. The number of aryl methyl sites for hydroxylation is 2. The fourth-order valence-electron chi connectivity index (χ4n) is 2.75. The second-order valence-electron chi connectivity index (χ2n) is 6.64. The maximum absolute atomic E-state index is 9.80. The number of anilines is 1. The van der Waals surface area contributed by atoms with Gasteiger partial charge in [0.2, 0.25) is 0 Å². The Hall–Kier alpha value is -1.94. The molecule has 0 radical (unpaired) electrons. The lowest BCUT2D eigenvalue weighted by molar-refractivity contribution is 0.134. The van der Waals surface area contributed by atoms with Crippen molar-refractivity contribution < 1.29 is 5.11 Å². The van der Waals surface area contributed by atoms with E-state index >= 15 is 0 Å². The zero-order valence-electron chi connectivity index (χ0n) is 14.5. The van der Waals surface area contributed by atoms with Crippen molar-refractivity contribution in [1.29, 1.82) is 0 Å². The third-order valence-corrected chi connectivity index (χ3v) is 4.29. The molecular formula is C19H27N3O. The van der Waals surface area contributed by atoms with Crippen molar-refractivity contribution in [3.63, 3.8) is 0 Å². The number of aromatic nitrogens is 2. The Morgan fingerprint density at radius 2 is 1.87 bits per heavy atom. The molecule has 0 bridgehead atoms. The number of hydrogen-bond donors (Lipinski definition) is 2. The predicted molar refractivity (Wildman–Crippen MR) is 94.7 cm³/mol. The average Bonchev–Trinajstić information content (AvgIpc) is 2.55. The number of aliphatic hydroxyl groups is 1. The van der Waals surface area contributed by atoms with Gasteiger partial charge in [-0.1, -0.05) is 51.1 Å². The molecule has 4 nitrogen and oxygen atoms in total. The van der Waals surface area contributed by atoms with Crippen LogP contribution in [-0.4, -0.2) is 28.2 Å². The summed E-state index contributed by atoms with van der Waals surface area (Å²) in [6, 6.07) is 12.3. The van der Waals surface area contributed by atoms with Crippen molar-refractivity contribution in [2.24, 2.45) is 5.41 Å². The van der Waals surface area contributed by atoms with Crippen molar-refractivity contribution in [3.05, 3.63) is 53.5 Å². The molecule has 1 aromatic heterocycles. The van der Waals surface area contributed by atoms with E-state index in [1.807, 2.05) is 31.2 Å². The van der Waals surface area contributed by atoms with Crippen LogP contribution in [0.2, 0.25) is 0 Å². The van der Waals surface area contributed by atoms with Crippen LogP contribution in [0, 0.1) is 12.3 Å². The summed E-state index contributed by atoms with van der Waals surface area (Å²) >= 11 is 0. The van der Waals surface area contributed by atoms with E-state index in [1.54, 1.807) is 0 Å². The van der Waals surface area contributed by atoms with Crippen LogP contribution in [0.25, 0.3) is 0 Å². The Kier molecular flexibility index (Phi) is 5.72. The van der Waals surface area contributed by atoms with E-state index in [4.69, 9.17) is 0 Å². The molecule has 4 heteroatoms. The van der Waals surface area contributed by atoms with Crippen molar-refractivity contribution in [1.82, 2.24) is 9.97 Å². The van der Waals surface area contributed by atoms with Gasteiger partial charge in [0.05, 0.1) is 0 Å². The van der Waals surface area contributed by atoms with E-state index < -0.39 is 0 Å². The second-order valence-corrected chi connectivity index (χ2v) is 6.64. The van der Waals surface area contributed by atoms with Crippen LogP contribution in [-0.2, 0) is 6.42 Å². The monoisotopic (exact) mass is 313 g/mol. The Morgan fingerprint density at radius 1 is 1.17 bits per heavy atom. The summed E-state index contributed by atoms with van der Waals surface area (Å²) < 4.78 is 0. The van der Waals surface area contributed by atoms with Crippen LogP contribution in [0.4, 0.5) is 5.82 Å². The highest BCUT2D eigenvalue weighted by molar-refractivity contribution is 5.37. The molecule has 2 rings (SSSR count). The Balaban J connectivity index is 2.21. The number of benzene rings is 1. The first-order valence-electron chi connectivity index (χ1n) is 8.20. The maximum atomic E-state index is 9.80. The molecule has 1 atom stereocenters.